The Balaban J connectivity index is 1.88. The van der Waals surface area contributed by atoms with Gasteiger partial charge in [-0.15, -0.1) is 11.3 Å². The van der Waals surface area contributed by atoms with Crippen LogP contribution in [0.5, 0.6) is 5.75 Å². The van der Waals surface area contributed by atoms with E-state index in [2.05, 4.69) is 0 Å². The number of thiophene rings is 1. The number of carbonyl (C=O) groups is 1. The van der Waals surface area contributed by atoms with Crippen LogP contribution in [-0.4, -0.2) is 18.1 Å². The highest BCUT2D eigenvalue weighted by Gasteiger charge is 2.16. The second-order valence-corrected chi connectivity index (χ2v) is 7.01. The van der Waals surface area contributed by atoms with Crippen molar-refractivity contribution in [3.8, 4) is 16.2 Å². The number of hydrogen-bond acceptors (Lipinski definition) is 3. The summed E-state index contributed by atoms with van der Waals surface area (Å²) < 4.78 is 0. The van der Waals surface area contributed by atoms with E-state index in [1.807, 2.05) is 56.3 Å². The van der Waals surface area contributed by atoms with E-state index in [1.54, 1.807) is 24.1 Å². The van der Waals surface area contributed by atoms with Gasteiger partial charge in [0.05, 0.1) is 4.88 Å². The second kappa shape index (κ2) is 6.49. The van der Waals surface area contributed by atoms with Gasteiger partial charge in [0.25, 0.3) is 5.91 Å². The van der Waals surface area contributed by atoms with Crippen LogP contribution in [0.4, 0.5) is 5.69 Å². The fraction of sp³-hybridized carbons (Fsp3) is 0.150. The summed E-state index contributed by atoms with van der Waals surface area (Å²) in [6.07, 6.45) is 0. The Labute approximate surface area is 145 Å². The lowest BCUT2D eigenvalue weighted by atomic mass is 10.1. The van der Waals surface area contributed by atoms with Crippen molar-refractivity contribution >= 4 is 22.9 Å². The average molecular weight is 337 g/mol. The van der Waals surface area contributed by atoms with Crippen LogP contribution < -0.4 is 4.90 Å². The Bertz CT molecular complexity index is 878. The number of anilines is 1. The molecule has 1 aromatic heterocycles. The maximum Gasteiger partial charge on any atom is 0.268 e. The molecule has 3 nitrogen and oxygen atoms in total. The van der Waals surface area contributed by atoms with E-state index in [4.69, 9.17) is 0 Å². The van der Waals surface area contributed by atoms with Gasteiger partial charge < -0.3 is 10.0 Å². The molecule has 1 amide bonds. The van der Waals surface area contributed by atoms with E-state index in [1.165, 1.54) is 11.3 Å². The molecule has 3 rings (SSSR count). The summed E-state index contributed by atoms with van der Waals surface area (Å²) in [5.74, 6) is 0.205. The maximum atomic E-state index is 12.7. The molecule has 0 saturated heterocycles. The molecule has 0 atom stereocenters. The van der Waals surface area contributed by atoms with Crippen molar-refractivity contribution in [3.63, 3.8) is 0 Å². The average Bonchev–Trinajstić information content (AvgIpc) is 3.02. The number of phenolic OH excluding ortho intramolecular Hbond substituents is 1. The first-order chi connectivity index (χ1) is 11.4. The lowest BCUT2D eigenvalue weighted by Gasteiger charge is -2.16. The van der Waals surface area contributed by atoms with E-state index >= 15 is 0 Å². The zero-order valence-corrected chi connectivity index (χ0v) is 14.7. The van der Waals surface area contributed by atoms with Crippen LogP contribution in [0.2, 0.25) is 0 Å². The Hall–Kier alpha value is -2.59. The highest BCUT2D eigenvalue weighted by molar-refractivity contribution is 7.17. The van der Waals surface area contributed by atoms with Gasteiger partial charge in [0.1, 0.15) is 5.75 Å². The lowest BCUT2D eigenvalue weighted by molar-refractivity contribution is 0.0997. The molecule has 1 heterocycles. The van der Waals surface area contributed by atoms with E-state index < -0.39 is 0 Å². The maximum absolute atomic E-state index is 12.7. The first-order valence-electron chi connectivity index (χ1n) is 7.69. The van der Waals surface area contributed by atoms with Crippen LogP contribution in [0.25, 0.3) is 10.4 Å². The number of rotatable bonds is 3. The Kier molecular flexibility index (Phi) is 4.40. The first-order valence-corrected chi connectivity index (χ1v) is 8.51. The summed E-state index contributed by atoms with van der Waals surface area (Å²) in [6.45, 7) is 3.95. The van der Waals surface area contributed by atoms with Crippen molar-refractivity contribution in [1.82, 2.24) is 0 Å². The van der Waals surface area contributed by atoms with Crippen molar-refractivity contribution in [3.05, 3.63) is 70.6 Å². The van der Waals surface area contributed by atoms with Crippen LogP contribution in [0, 0.1) is 13.8 Å². The Morgan fingerprint density at radius 1 is 1.00 bits per heavy atom. The van der Waals surface area contributed by atoms with Crippen LogP contribution in [0.1, 0.15) is 20.8 Å². The van der Waals surface area contributed by atoms with E-state index in [9.17, 15) is 9.90 Å². The van der Waals surface area contributed by atoms with Crippen molar-refractivity contribution in [2.45, 2.75) is 13.8 Å². The minimum atomic E-state index is -0.0336. The van der Waals surface area contributed by atoms with Crippen LogP contribution in [0.15, 0.2) is 54.6 Å². The number of nitrogens with zero attached hydrogens (tertiary/aromatic N) is 1. The number of aryl methyl sites for hydroxylation is 2. The Morgan fingerprint density at radius 2 is 1.79 bits per heavy atom. The molecular weight excluding hydrogens is 318 g/mol. The predicted octanol–water partition coefficient (Wildman–Crippen LogP) is 5.01. The van der Waals surface area contributed by atoms with Gasteiger partial charge in [-0.1, -0.05) is 18.2 Å². The van der Waals surface area contributed by atoms with E-state index in [0.717, 1.165) is 27.3 Å². The topological polar surface area (TPSA) is 40.5 Å². The van der Waals surface area contributed by atoms with Crippen molar-refractivity contribution in [1.29, 1.82) is 0 Å². The van der Waals surface area contributed by atoms with Gasteiger partial charge >= 0.3 is 0 Å². The molecule has 1 N–H and O–H groups in total. The third kappa shape index (κ3) is 3.34. The summed E-state index contributed by atoms with van der Waals surface area (Å²) in [5.41, 5.74) is 3.91. The molecule has 0 fully saturated rings. The SMILES string of the molecule is Cc1cc(O)cc(-c2ccc(C(=O)N(C)c3cccc(C)c3)s2)c1. The smallest absolute Gasteiger partial charge is 0.268 e. The standard InChI is InChI=1S/C20H19NO2S/c1-13-5-4-6-16(10-13)21(3)20(23)19-8-7-18(24-19)15-9-14(2)11-17(22)12-15/h4-12,22H,1-3H3. The van der Waals surface area contributed by atoms with Gasteiger partial charge in [-0.25, -0.2) is 0 Å². The molecular formula is C20H19NO2S. The van der Waals surface area contributed by atoms with E-state index in [-0.39, 0.29) is 11.7 Å². The number of aromatic hydroxyl groups is 1. The molecule has 0 aliphatic rings. The van der Waals surface area contributed by atoms with Crippen molar-refractivity contribution in [2.24, 2.45) is 0 Å². The first kappa shape index (κ1) is 16.3. The molecule has 0 unspecified atom stereocenters. The Morgan fingerprint density at radius 3 is 2.50 bits per heavy atom. The van der Waals surface area contributed by atoms with Crippen molar-refractivity contribution < 1.29 is 9.90 Å². The molecule has 0 bridgehead atoms. The van der Waals surface area contributed by atoms with E-state index in [0.29, 0.717) is 4.88 Å². The molecule has 3 aromatic rings. The molecule has 24 heavy (non-hydrogen) atoms. The molecule has 4 heteroatoms. The van der Waals surface area contributed by atoms with Crippen molar-refractivity contribution in [2.75, 3.05) is 11.9 Å². The second-order valence-electron chi connectivity index (χ2n) is 5.92. The monoisotopic (exact) mass is 337 g/mol. The van der Waals surface area contributed by atoms with Crippen LogP contribution >= 0.6 is 11.3 Å². The van der Waals surface area contributed by atoms with Gasteiger partial charge in [0, 0.05) is 17.6 Å². The number of amides is 1. The summed E-state index contributed by atoms with van der Waals surface area (Å²) >= 11 is 1.44. The minimum absolute atomic E-state index is 0.0336. The van der Waals surface area contributed by atoms with Gasteiger partial charge in [-0.2, -0.15) is 0 Å². The molecule has 2 aromatic carbocycles. The van der Waals surface area contributed by atoms with Crippen LogP contribution in [-0.2, 0) is 0 Å². The third-order valence-corrected chi connectivity index (χ3v) is 4.98. The fourth-order valence-electron chi connectivity index (χ4n) is 2.63. The van der Waals surface area contributed by atoms with Gasteiger partial charge in [0.2, 0.25) is 0 Å². The highest BCUT2D eigenvalue weighted by atomic mass is 32.1. The summed E-state index contributed by atoms with van der Waals surface area (Å²) in [5, 5.41) is 9.76. The van der Waals surface area contributed by atoms with Gasteiger partial charge in [0.15, 0.2) is 0 Å². The summed E-state index contributed by atoms with van der Waals surface area (Å²) in [4.78, 5) is 16.0. The van der Waals surface area contributed by atoms with Crippen LogP contribution in [0.3, 0.4) is 0 Å². The summed E-state index contributed by atoms with van der Waals surface area (Å²) in [7, 11) is 1.79. The quantitative estimate of drug-likeness (QED) is 0.729. The number of carbonyl (C=O) groups excluding carboxylic acids is 1. The van der Waals surface area contributed by atoms with Gasteiger partial charge in [-0.3, -0.25) is 4.79 Å². The molecule has 122 valence electrons. The summed E-state index contributed by atoms with van der Waals surface area (Å²) in [6, 6.07) is 17.1. The molecule has 0 aliphatic heterocycles. The molecule has 0 aliphatic carbocycles. The third-order valence-electron chi connectivity index (χ3n) is 3.86. The van der Waals surface area contributed by atoms with Gasteiger partial charge in [-0.05, 0) is 66.9 Å². The molecule has 0 saturated carbocycles. The fourth-order valence-corrected chi connectivity index (χ4v) is 3.60. The minimum Gasteiger partial charge on any atom is -0.508 e. The number of benzene rings is 2. The number of hydrogen-bond donors (Lipinski definition) is 1. The molecule has 0 spiro atoms. The zero-order chi connectivity index (χ0) is 17.3. The molecule has 0 radical (unpaired) electrons. The largest absolute Gasteiger partial charge is 0.508 e. The normalized spacial score (nSPS) is 10.6. The zero-order valence-electron chi connectivity index (χ0n) is 13.9. The lowest BCUT2D eigenvalue weighted by Crippen LogP contribution is -2.25. The number of phenols is 1. The highest BCUT2D eigenvalue weighted by Crippen LogP contribution is 2.32. The predicted molar refractivity (Wildman–Crippen MR) is 100 cm³/mol.